The van der Waals surface area contributed by atoms with Crippen LogP contribution < -0.4 is 4.74 Å². The molecule has 7 heteroatoms. The number of nitrogens with zero attached hydrogens (tertiary/aromatic N) is 3. The van der Waals surface area contributed by atoms with Crippen molar-refractivity contribution in [3.8, 4) is 23.2 Å². The summed E-state index contributed by atoms with van der Waals surface area (Å²) < 4.78 is 24.3. The number of carbonyl (C=O) groups excluding carboxylic acids is 1. The van der Waals surface area contributed by atoms with Crippen LogP contribution in [0, 0.1) is 23.1 Å². The van der Waals surface area contributed by atoms with Gasteiger partial charge in [0.25, 0.3) is 0 Å². The van der Waals surface area contributed by atoms with E-state index in [0.717, 1.165) is 25.7 Å². The van der Waals surface area contributed by atoms with E-state index in [9.17, 15) is 9.18 Å². The van der Waals surface area contributed by atoms with Gasteiger partial charge in [-0.05, 0) is 49.3 Å². The molecule has 140 valence electrons. The predicted octanol–water partition coefficient (Wildman–Crippen LogP) is 3.66. The molecule has 1 aliphatic rings. The van der Waals surface area contributed by atoms with Gasteiger partial charge in [0.2, 0.25) is 0 Å². The number of aromatic nitrogens is 2. The standard InChI is InChI=1S/C20H20FN3O3/c1-26-19(25)8-13-2-6-17(7-3-13)27-20-23-11-16(12-24-20)14-4-5-15(10-22)18(21)9-14/h4-5,9,11-13,17H,2-3,6-8H2,1H3/t13-,17+. The van der Waals surface area contributed by atoms with E-state index in [1.54, 1.807) is 24.5 Å². The second kappa shape index (κ2) is 8.58. The highest BCUT2D eigenvalue weighted by molar-refractivity contribution is 5.69. The van der Waals surface area contributed by atoms with Gasteiger partial charge in [0.15, 0.2) is 0 Å². The van der Waals surface area contributed by atoms with Gasteiger partial charge >= 0.3 is 12.0 Å². The Kier molecular flexibility index (Phi) is 5.97. The van der Waals surface area contributed by atoms with E-state index in [1.807, 2.05) is 0 Å². The number of hydrogen-bond donors (Lipinski definition) is 0. The van der Waals surface area contributed by atoms with Crippen molar-refractivity contribution >= 4 is 5.97 Å². The van der Waals surface area contributed by atoms with E-state index in [2.05, 4.69) is 9.97 Å². The van der Waals surface area contributed by atoms with Gasteiger partial charge in [-0.2, -0.15) is 5.26 Å². The summed E-state index contributed by atoms with van der Waals surface area (Å²) in [5.74, 6) is -0.400. The maximum Gasteiger partial charge on any atom is 0.316 e. The topological polar surface area (TPSA) is 85.1 Å². The lowest BCUT2D eigenvalue weighted by Gasteiger charge is -2.27. The fourth-order valence-electron chi connectivity index (χ4n) is 3.23. The van der Waals surface area contributed by atoms with Crippen LogP contribution in [0.2, 0.25) is 0 Å². The summed E-state index contributed by atoms with van der Waals surface area (Å²) in [7, 11) is 1.41. The average Bonchev–Trinajstić information content (AvgIpc) is 2.70. The molecular formula is C20H20FN3O3. The van der Waals surface area contributed by atoms with Gasteiger partial charge in [0.1, 0.15) is 18.0 Å². The second-order valence-corrected chi connectivity index (χ2v) is 6.60. The molecule has 1 aromatic heterocycles. The first-order valence-corrected chi connectivity index (χ1v) is 8.84. The molecule has 0 amide bonds. The van der Waals surface area contributed by atoms with Gasteiger partial charge in [-0.15, -0.1) is 0 Å². The zero-order valence-corrected chi connectivity index (χ0v) is 15.0. The molecule has 1 fully saturated rings. The molecule has 0 saturated heterocycles. The normalized spacial score (nSPS) is 19.1. The van der Waals surface area contributed by atoms with Gasteiger partial charge in [-0.25, -0.2) is 14.4 Å². The maximum absolute atomic E-state index is 13.7. The molecule has 1 aliphatic carbocycles. The van der Waals surface area contributed by atoms with E-state index in [0.29, 0.717) is 23.5 Å². The quantitative estimate of drug-likeness (QED) is 0.748. The molecule has 6 nitrogen and oxygen atoms in total. The summed E-state index contributed by atoms with van der Waals surface area (Å²) in [6.45, 7) is 0. The summed E-state index contributed by atoms with van der Waals surface area (Å²) >= 11 is 0. The molecule has 1 aromatic carbocycles. The van der Waals surface area contributed by atoms with Crippen LogP contribution in [-0.4, -0.2) is 29.2 Å². The Labute approximate surface area is 157 Å². The third-order valence-corrected chi connectivity index (χ3v) is 4.80. The molecule has 27 heavy (non-hydrogen) atoms. The summed E-state index contributed by atoms with van der Waals surface area (Å²) in [6, 6.07) is 6.46. The number of benzene rings is 1. The van der Waals surface area contributed by atoms with Crippen LogP contribution in [0.5, 0.6) is 6.01 Å². The SMILES string of the molecule is COC(=O)C[C@H]1CC[C@@H](Oc2ncc(-c3ccc(C#N)c(F)c3)cn2)CC1. The number of rotatable bonds is 5. The Bertz CT molecular complexity index is 841. The number of halogens is 1. The monoisotopic (exact) mass is 369 g/mol. The van der Waals surface area contributed by atoms with Crippen molar-refractivity contribution in [2.24, 2.45) is 5.92 Å². The van der Waals surface area contributed by atoms with E-state index >= 15 is 0 Å². The van der Waals surface area contributed by atoms with Crippen molar-refractivity contribution in [3.63, 3.8) is 0 Å². The van der Waals surface area contributed by atoms with Crippen LogP contribution in [0.4, 0.5) is 4.39 Å². The van der Waals surface area contributed by atoms with Gasteiger partial charge in [0, 0.05) is 24.4 Å². The summed E-state index contributed by atoms with van der Waals surface area (Å²) in [4.78, 5) is 19.8. The summed E-state index contributed by atoms with van der Waals surface area (Å²) in [6.07, 6.45) is 7.12. The molecule has 1 saturated carbocycles. The lowest BCUT2D eigenvalue weighted by atomic mass is 9.85. The molecule has 3 rings (SSSR count). The fraction of sp³-hybridized carbons (Fsp3) is 0.400. The zero-order valence-electron chi connectivity index (χ0n) is 15.0. The molecule has 0 unspecified atom stereocenters. The van der Waals surface area contributed by atoms with Crippen LogP contribution in [0.25, 0.3) is 11.1 Å². The second-order valence-electron chi connectivity index (χ2n) is 6.60. The molecule has 0 bridgehead atoms. The minimum atomic E-state index is -0.570. The Balaban J connectivity index is 1.56. The number of methoxy groups -OCH3 is 1. The molecule has 0 aliphatic heterocycles. The summed E-state index contributed by atoms with van der Waals surface area (Å²) in [5.41, 5.74) is 1.25. The highest BCUT2D eigenvalue weighted by atomic mass is 19.1. The molecule has 0 N–H and O–H groups in total. The third kappa shape index (κ3) is 4.79. The molecule has 0 spiro atoms. The highest BCUT2D eigenvalue weighted by Crippen LogP contribution is 2.29. The smallest absolute Gasteiger partial charge is 0.316 e. The number of ether oxygens (including phenoxy) is 2. The van der Waals surface area contributed by atoms with Crippen LogP contribution in [0.1, 0.15) is 37.7 Å². The largest absolute Gasteiger partial charge is 0.469 e. The molecule has 0 radical (unpaired) electrons. The van der Waals surface area contributed by atoms with Crippen LogP contribution >= 0.6 is 0 Å². The van der Waals surface area contributed by atoms with Crippen LogP contribution in [-0.2, 0) is 9.53 Å². The predicted molar refractivity (Wildman–Crippen MR) is 95.1 cm³/mol. The molecule has 2 aromatic rings. The van der Waals surface area contributed by atoms with Crippen molar-refractivity contribution < 1.29 is 18.7 Å². The number of hydrogen-bond acceptors (Lipinski definition) is 6. The van der Waals surface area contributed by atoms with E-state index in [4.69, 9.17) is 14.7 Å². The fourth-order valence-corrected chi connectivity index (χ4v) is 3.23. The van der Waals surface area contributed by atoms with Crippen molar-refractivity contribution in [2.45, 2.75) is 38.2 Å². The van der Waals surface area contributed by atoms with Crippen molar-refractivity contribution in [2.75, 3.05) is 7.11 Å². The Hall–Kier alpha value is -3.01. The summed E-state index contributed by atoms with van der Waals surface area (Å²) in [5, 5.41) is 8.79. The molecule has 0 atom stereocenters. The lowest BCUT2D eigenvalue weighted by Crippen LogP contribution is -2.26. The van der Waals surface area contributed by atoms with Crippen molar-refractivity contribution in [1.82, 2.24) is 9.97 Å². The van der Waals surface area contributed by atoms with Gasteiger partial charge in [0.05, 0.1) is 12.7 Å². The van der Waals surface area contributed by atoms with Crippen molar-refractivity contribution in [3.05, 3.63) is 42.0 Å². The van der Waals surface area contributed by atoms with Crippen LogP contribution in [0.15, 0.2) is 30.6 Å². The Morgan fingerprint density at radius 1 is 1.22 bits per heavy atom. The van der Waals surface area contributed by atoms with E-state index < -0.39 is 5.82 Å². The highest BCUT2D eigenvalue weighted by Gasteiger charge is 2.25. The third-order valence-electron chi connectivity index (χ3n) is 4.80. The van der Waals surface area contributed by atoms with Gasteiger partial charge in [-0.1, -0.05) is 6.07 Å². The van der Waals surface area contributed by atoms with E-state index in [1.165, 1.54) is 19.2 Å². The minimum absolute atomic E-state index is 0.00224. The van der Waals surface area contributed by atoms with Crippen molar-refractivity contribution in [1.29, 1.82) is 5.26 Å². The number of nitriles is 1. The van der Waals surface area contributed by atoms with Gasteiger partial charge in [-0.3, -0.25) is 4.79 Å². The lowest BCUT2D eigenvalue weighted by molar-refractivity contribution is -0.142. The first kappa shape index (κ1) is 18.8. The molecular weight excluding hydrogens is 349 g/mol. The zero-order chi connectivity index (χ0) is 19.2. The Morgan fingerprint density at radius 2 is 1.93 bits per heavy atom. The first-order valence-electron chi connectivity index (χ1n) is 8.84. The first-order chi connectivity index (χ1) is 13.1. The maximum atomic E-state index is 13.7. The number of carbonyl (C=O) groups is 1. The van der Waals surface area contributed by atoms with Crippen LogP contribution in [0.3, 0.4) is 0 Å². The molecule has 1 heterocycles. The number of esters is 1. The minimum Gasteiger partial charge on any atom is -0.469 e. The van der Waals surface area contributed by atoms with E-state index in [-0.39, 0.29) is 23.6 Å². The van der Waals surface area contributed by atoms with Gasteiger partial charge < -0.3 is 9.47 Å². The Morgan fingerprint density at radius 3 is 2.52 bits per heavy atom. The average molecular weight is 369 g/mol.